The van der Waals surface area contributed by atoms with Gasteiger partial charge in [-0.15, -0.1) is 0 Å². The van der Waals surface area contributed by atoms with Crippen molar-refractivity contribution < 1.29 is 5.11 Å². The topological polar surface area (TPSA) is 50.9 Å². The first-order valence-corrected chi connectivity index (χ1v) is 6.68. The molecule has 0 saturated heterocycles. The molecule has 90 valence electrons. The van der Waals surface area contributed by atoms with Crippen LogP contribution in [0.2, 0.25) is 0 Å². The van der Waals surface area contributed by atoms with Gasteiger partial charge in [0, 0.05) is 16.4 Å². The zero-order valence-corrected chi connectivity index (χ0v) is 11.9. The summed E-state index contributed by atoms with van der Waals surface area (Å²) < 4.78 is 2.68. The summed E-state index contributed by atoms with van der Waals surface area (Å²) >= 11 is 4.92. The van der Waals surface area contributed by atoms with Gasteiger partial charge >= 0.3 is 0 Å². The molecule has 1 aromatic carbocycles. The van der Waals surface area contributed by atoms with Gasteiger partial charge in [-0.25, -0.2) is 9.67 Å². The van der Waals surface area contributed by atoms with Crippen LogP contribution in [0, 0.1) is 0 Å². The number of hydrogen-bond acceptors (Lipinski definition) is 4. The number of hydrogen-bond donors (Lipinski definition) is 1. The molecule has 2 rings (SSSR count). The van der Waals surface area contributed by atoms with Crippen LogP contribution in [0.3, 0.4) is 0 Å². The highest BCUT2D eigenvalue weighted by atomic mass is 79.9. The smallest absolute Gasteiger partial charge is 0.190 e. The van der Waals surface area contributed by atoms with E-state index in [9.17, 15) is 5.11 Å². The molecule has 0 aliphatic rings. The molecule has 6 heteroatoms. The highest BCUT2D eigenvalue weighted by Crippen LogP contribution is 2.33. The van der Waals surface area contributed by atoms with Crippen LogP contribution in [0.5, 0.6) is 0 Å². The molecule has 2 aromatic rings. The van der Waals surface area contributed by atoms with E-state index >= 15 is 0 Å². The summed E-state index contributed by atoms with van der Waals surface area (Å²) in [5.41, 5.74) is 0.890. The molecule has 0 amide bonds. The Morgan fingerprint density at radius 2 is 2.24 bits per heavy atom. The van der Waals surface area contributed by atoms with Gasteiger partial charge in [-0.05, 0) is 36.4 Å². The SMILES string of the molecule is CC(O)c1ccc(Br)cc1Sc1ncnn1C. The van der Waals surface area contributed by atoms with Gasteiger partial charge in [0.1, 0.15) is 6.33 Å². The fourth-order valence-electron chi connectivity index (χ4n) is 1.42. The van der Waals surface area contributed by atoms with Crippen LogP contribution in [0.15, 0.2) is 39.1 Å². The van der Waals surface area contributed by atoms with E-state index in [1.165, 1.54) is 18.1 Å². The summed E-state index contributed by atoms with van der Waals surface area (Å²) in [7, 11) is 1.84. The molecule has 0 radical (unpaired) electrons. The third-order valence-electron chi connectivity index (χ3n) is 2.30. The van der Waals surface area contributed by atoms with Gasteiger partial charge in [0.2, 0.25) is 0 Å². The highest BCUT2D eigenvalue weighted by molar-refractivity contribution is 9.10. The number of aliphatic hydroxyl groups excluding tert-OH is 1. The van der Waals surface area contributed by atoms with Crippen molar-refractivity contribution in [1.82, 2.24) is 14.8 Å². The molecule has 1 heterocycles. The molecular weight excluding hydrogens is 302 g/mol. The Labute approximate surface area is 112 Å². The van der Waals surface area contributed by atoms with E-state index in [1.807, 2.05) is 25.2 Å². The standard InChI is InChI=1S/C11H12BrN3OS/c1-7(16)9-4-3-8(12)5-10(9)17-11-13-6-14-15(11)2/h3-7,16H,1-2H3. The summed E-state index contributed by atoms with van der Waals surface area (Å²) in [4.78, 5) is 5.14. The van der Waals surface area contributed by atoms with Crippen LogP contribution in [-0.4, -0.2) is 19.9 Å². The summed E-state index contributed by atoms with van der Waals surface area (Å²) in [5.74, 6) is 0. The number of rotatable bonds is 3. The first-order chi connectivity index (χ1) is 8.08. The maximum Gasteiger partial charge on any atom is 0.190 e. The van der Waals surface area contributed by atoms with Crippen molar-refractivity contribution in [3.63, 3.8) is 0 Å². The monoisotopic (exact) mass is 313 g/mol. The first-order valence-electron chi connectivity index (χ1n) is 5.07. The molecule has 1 unspecified atom stereocenters. The molecule has 0 saturated carbocycles. The Kier molecular flexibility index (Phi) is 3.86. The van der Waals surface area contributed by atoms with Gasteiger partial charge in [-0.2, -0.15) is 5.10 Å². The van der Waals surface area contributed by atoms with Crippen LogP contribution < -0.4 is 0 Å². The zero-order chi connectivity index (χ0) is 12.4. The van der Waals surface area contributed by atoms with E-state index in [0.29, 0.717) is 0 Å². The minimum absolute atomic E-state index is 0.501. The number of benzene rings is 1. The van der Waals surface area contributed by atoms with Crippen LogP contribution in [0.4, 0.5) is 0 Å². The largest absolute Gasteiger partial charge is 0.389 e. The van der Waals surface area contributed by atoms with Gasteiger partial charge in [0.15, 0.2) is 5.16 Å². The van der Waals surface area contributed by atoms with Crippen molar-refractivity contribution >= 4 is 27.7 Å². The highest BCUT2D eigenvalue weighted by Gasteiger charge is 2.12. The Morgan fingerprint density at radius 1 is 1.47 bits per heavy atom. The fourth-order valence-corrected chi connectivity index (χ4v) is 2.95. The molecule has 0 fully saturated rings. The minimum Gasteiger partial charge on any atom is -0.389 e. The second-order valence-corrected chi connectivity index (χ2v) is 5.55. The number of nitrogens with zero attached hydrogens (tertiary/aromatic N) is 3. The quantitative estimate of drug-likeness (QED) is 0.946. The lowest BCUT2D eigenvalue weighted by atomic mass is 10.1. The van der Waals surface area contributed by atoms with Gasteiger partial charge in [0.25, 0.3) is 0 Å². The number of halogens is 1. The average molecular weight is 314 g/mol. The third-order valence-corrected chi connectivity index (χ3v) is 3.92. The molecule has 1 aromatic heterocycles. The molecule has 0 spiro atoms. The minimum atomic E-state index is -0.501. The van der Waals surface area contributed by atoms with Gasteiger partial charge in [-0.1, -0.05) is 22.0 Å². The number of aryl methyl sites for hydroxylation is 1. The first kappa shape index (κ1) is 12.6. The van der Waals surface area contributed by atoms with Crippen molar-refractivity contribution in [2.24, 2.45) is 7.05 Å². The van der Waals surface area contributed by atoms with Gasteiger partial charge in [0.05, 0.1) is 6.10 Å². The second-order valence-electron chi connectivity index (χ2n) is 3.63. The Hall–Kier alpha value is -0.850. The molecular formula is C11H12BrN3OS. The normalized spacial score (nSPS) is 12.7. The van der Waals surface area contributed by atoms with Crippen molar-refractivity contribution in [2.75, 3.05) is 0 Å². The van der Waals surface area contributed by atoms with E-state index in [2.05, 4.69) is 26.0 Å². The number of aromatic nitrogens is 3. The fraction of sp³-hybridized carbons (Fsp3) is 0.273. The lowest BCUT2D eigenvalue weighted by Gasteiger charge is -2.11. The molecule has 4 nitrogen and oxygen atoms in total. The van der Waals surface area contributed by atoms with Crippen molar-refractivity contribution in [2.45, 2.75) is 23.1 Å². The van der Waals surface area contributed by atoms with E-state index in [0.717, 1.165) is 20.1 Å². The Bertz CT molecular complexity index is 527. The lowest BCUT2D eigenvalue weighted by Crippen LogP contribution is -1.97. The predicted molar refractivity (Wildman–Crippen MR) is 69.9 cm³/mol. The summed E-state index contributed by atoms with van der Waals surface area (Å²) in [6.07, 6.45) is 1.02. The Morgan fingerprint density at radius 3 is 2.82 bits per heavy atom. The average Bonchev–Trinajstić information content (AvgIpc) is 2.64. The summed E-state index contributed by atoms with van der Waals surface area (Å²) in [5, 5.41) is 14.5. The second kappa shape index (κ2) is 5.20. The van der Waals surface area contributed by atoms with Crippen LogP contribution in [0.25, 0.3) is 0 Å². The molecule has 0 aliphatic heterocycles. The summed E-state index contributed by atoms with van der Waals surface area (Å²) in [6.45, 7) is 1.75. The summed E-state index contributed by atoms with van der Waals surface area (Å²) in [6, 6.07) is 5.80. The molecule has 1 N–H and O–H groups in total. The van der Waals surface area contributed by atoms with Crippen LogP contribution in [0.1, 0.15) is 18.6 Å². The third kappa shape index (κ3) is 2.88. The Balaban J connectivity index is 2.37. The van der Waals surface area contributed by atoms with E-state index in [4.69, 9.17) is 0 Å². The molecule has 1 atom stereocenters. The van der Waals surface area contributed by atoms with Crippen LogP contribution >= 0.6 is 27.7 Å². The van der Waals surface area contributed by atoms with Crippen molar-refractivity contribution in [1.29, 1.82) is 0 Å². The van der Waals surface area contributed by atoms with Crippen molar-refractivity contribution in [3.8, 4) is 0 Å². The van der Waals surface area contributed by atoms with Gasteiger partial charge in [-0.3, -0.25) is 0 Å². The van der Waals surface area contributed by atoms with Gasteiger partial charge < -0.3 is 5.11 Å². The number of aliphatic hydroxyl groups is 1. The molecule has 0 bridgehead atoms. The van der Waals surface area contributed by atoms with E-state index in [1.54, 1.807) is 11.6 Å². The van der Waals surface area contributed by atoms with E-state index in [-0.39, 0.29) is 0 Å². The maximum atomic E-state index is 9.72. The van der Waals surface area contributed by atoms with E-state index < -0.39 is 6.10 Å². The zero-order valence-electron chi connectivity index (χ0n) is 9.46. The molecule has 0 aliphatic carbocycles. The van der Waals surface area contributed by atoms with Crippen LogP contribution in [-0.2, 0) is 7.05 Å². The predicted octanol–water partition coefficient (Wildman–Crippen LogP) is 2.78. The molecule has 17 heavy (non-hydrogen) atoms. The van der Waals surface area contributed by atoms with Crippen molar-refractivity contribution in [3.05, 3.63) is 34.6 Å². The lowest BCUT2D eigenvalue weighted by molar-refractivity contribution is 0.196. The maximum absolute atomic E-state index is 9.72.